The topological polar surface area (TPSA) is 76.1 Å². The SMILES string of the molecule is COc1ccc(/C(O)=C2/C(=O)C(=O)N(c3ccc(F)c(F)c3)C2c2cccs2)c(OC)c1. The summed E-state index contributed by atoms with van der Waals surface area (Å²) in [6, 6.07) is 9.90. The summed E-state index contributed by atoms with van der Waals surface area (Å²) in [5, 5.41) is 12.9. The number of halogens is 2. The number of Topliss-reactive ketones (excluding diaryl/α,β-unsaturated/α-hetero) is 1. The summed E-state index contributed by atoms with van der Waals surface area (Å²) < 4.78 is 37.9. The van der Waals surface area contributed by atoms with E-state index >= 15 is 0 Å². The summed E-state index contributed by atoms with van der Waals surface area (Å²) in [6.07, 6.45) is 0. The van der Waals surface area contributed by atoms with Gasteiger partial charge in [-0.25, -0.2) is 8.78 Å². The average Bonchev–Trinajstić information content (AvgIpc) is 3.42. The van der Waals surface area contributed by atoms with Crippen molar-refractivity contribution >= 4 is 34.5 Å². The van der Waals surface area contributed by atoms with Gasteiger partial charge in [0.15, 0.2) is 11.6 Å². The Balaban J connectivity index is 1.94. The van der Waals surface area contributed by atoms with Crippen LogP contribution in [0.25, 0.3) is 5.76 Å². The van der Waals surface area contributed by atoms with Gasteiger partial charge < -0.3 is 14.6 Å². The number of benzene rings is 2. The van der Waals surface area contributed by atoms with Crippen LogP contribution in [0.15, 0.2) is 59.5 Å². The maximum Gasteiger partial charge on any atom is 0.300 e. The molecule has 1 aliphatic heterocycles. The molecule has 0 saturated carbocycles. The van der Waals surface area contributed by atoms with Gasteiger partial charge in [-0.2, -0.15) is 0 Å². The number of aliphatic hydroxyl groups excluding tert-OH is 1. The number of amides is 1. The average molecular weight is 457 g/mol. The lowest BCUT2D eigenvalue weighted by Gasteiger charge is -2.24. The minimum atomic E-state index is -1.16. The monoisotopic (exact) mass is 457 g/mol. The molecule has 1 atom stereocenters. The molecule has 4 rings (SSSR count). The van der Waals surface area contributed by atoms with E-state index in [4.69, 9.17) is 9.47 Å². The van der Waals surface area contributed by atoms with Crippen LogP contribution in [0.3, 0.4) is 0 Å². The van der Waals surface area contributed by atoms with Crippen LogP contribution in [0.2, 0.25) is 0 Å². The van der Waals surface area contributed by atoms with Crippen LogP contribution in [0.4, 0.5) is 14.5 Å². The van der Waals surface area contributed by atoms with Crippen molar-refractivity contribution in [1.29, 1.82) is 0 Å². The summed E-state index contributed by atoms with van der Waals surface area (Å²) in [4.78, 5) is 27.6. The van der Waals surface area contributed by atoms with E-state index in [1.165, 1.54) is 43.8 Å². The number of methoxy groups -OCH3 is 2. The number of ketones is 1. The largest absolute Gasteiger partial charge is 0.507 e. The summed E-state index contributed by atoms with van der Waals surface area (Å²) in [7, 11) is 2.86. The van der Waals surface area contributed by atoms with Gasteiger partial charge in [0, 0.05) is 22.7 Å². The van der Waals surface area contributed by atoms with Crippen molar-refractivity contribution in [3.63, 3.8) is 0 Å². The molecule has 1 aliphatic rings. The van der Waals surface area contributed by atoms with E-state index in [-0.39, 0.29) is 22.6 Å². The smallest absolute Gasteiger partial charge is 0.300 e. The molecule has 1 fully saturated rings. The van der Waals surface area contributed by atoms with Gasteiger partial charge in [-0.3, -0.25) is 14.5 Å². The van der Waals surface area contributed by atoms with Gasteiger partial charge >= 0.3 is 0 Å². The molecule has 1 unspecified atom stereocenters. The highest BCUT2D eigenvalue weighted by atomic mass is 32.1. The van der Waals surface area contributed by atoms with Crippen molar-refractivity contribution < 1.29 is 33.0 Å². The molecule has 0 spiro atoms. The first-order chi connectivity index (χ1) is 15.4. The zero-order valence-electron chi connectivity index (χ0n) is 17.0. The number of rotatable bonds is 5. The number of ether oxygens (including phenoxy) is 2. The van der Waals surface area contributed by atoms with Crippen molar-refractivity contribution in [3.05, 3.63) is 81.6 Å². The van der Waals surface area contributed by atoms with Gasteiger partial charge in [-0.05, 0) is 35.7 Å². The van der Waals surface area contributed by atoms with Crippen LogP contribution in [-0.2, 0) is 9.59 Å². The third-order valence-corrected chi connectivity index (χ3v) is 6.03. The second-order valence-electron chi connectivity index (χ2n) is 6.85. The first-order valence-electron chi connectivity index (χ1n) is 9.39. The van der Waals surface area contributed by atoms with Gasteiger partial charge in [0.25, 0.3) is 11.7 Å². The summed E-state index contributed by atoms with van der Waals surface area (Å²) in [5.74, 6) is -3.92. The number of carbonyl (C=O) groups is 2. The molecule has 1 aromatic heterocycles. The normalized spacial score (nSPS) is 17.6. The Morgan fingerprint density at radius 1 is 1.03 bits per heavy atom. The molecule has 3 aromatic rings. The standard InChI is InChI=1S/C23H17F2NO5S/c1-30-13-6-7-14(17(11-13)31-2)21(27)19-20(18-4-3-9-32-18)26(23(29)22(19)28)12-5-8-15(24)16(25)10-12/h3-11,20,27H,1-2H3/b21-19-. The molecule has 32 heavy (non-hydrogen) atoms. The Bertz CT molecular complexity index is 1240. The third kappa shape index (κ3) is 3.50. The molecular weight excluding hydrogens is 440 g/mol. The third-order valence-electron chi connectivity index (χ3n) is 5.10. The molecule has 2 aromatic carbocycles. The van der Waals surface area contributed by atoms with E-state index in [9.17, 15) is 23.5 Å². The Morgan fingerprint density at radius 2 is 1.81 bits per heavy atom. The lowest BCUT2D eigenvalue weighted by atomic mass is 9.99. The fourth-order valence-corrected chi connectivity index (χ4v) is 4.41. The van der Waals surface area contributed by atoms with Gasteiger partial charge in [0.2, 0.25) is 0 Å². The summed E-state index contributed by atoms with van der Waals surface area (Å²) in [5.41, 5.74) is -0.0195. The zero-order valence-corrected chi connectivity index (χ0v) is 17.8. The number of nitrogens with zero attached hydrogens (tertiary/aromatic N) is 1. The van der Waals surface area contributed by atoms with E-state index in [0.29, 0.717) is 10.6 Å². The molecule has 6 nitrogen and oxygen atoms in total. The fraction of sp³-hybridized carbons (Fsp3) is 0.130. The first kappa shape index (κ1) is 21.5. The van der Waals surface area contributed by atoms with E-state index in [1.54, 1.807) is 23.6 Å². The van der Waals surface area contributed by atoms with Gasteiger partial charge in [-0.15, -0.1) is 11.3 Å². The van der Waals surface area contributed by atoms with Crippen molar-refractivity contribution in [2.75, 3.05) is 19.1 Å². The van der Waals surface area contributed by atoms with Crippen LogP contribution in [0.5, 0.6) is 11.5 Å². The second kappa shape index (κ2) is 8.43. The van der Waals surface area contributed by atoms with Crippen LogP contribution in [0, 0.1) is 11.6 Å². The molecule has 0 radical (unpaired) electrons. The van der Waals surface area contributed by atoms with Crippen LogP contribution < -0.4 is 14.4 Å². The highest BCUT2D eigenvalue weighted by Gasteiger charge is 2.47. The highest BCUT2D eigenvalue weighted by molar-refractivity contribution is 7.10. The van der Waals surface area contributed by atoms with E-state index in [2.05, 4.69) is 0 Å². The molecule has 0 aliphatic carbocycles. The number of hydrogen-bond acceptors (Lipinski definition) is 6. The minimum absolute atomic E-state index is 0.00912. The van der Waals surface area contributed by atoms with Gasteiger partial charge in [0.1, 0.15) is 23.3 Å². The maximum absolute atomic E-state index is 13.9. The Morgan fingerprint density at radius 3 is 2.44 bits per heavy atom. The predicted molar refractivity (Wildman–Crippen MR) is 115 cm³/mol. The molecule has 0 bridgehead atoms. The molecule has 1 N–H and O–H groups in total. The highest BCUT2D eigenvalue weighted by Crippen LogP contribution is 2.45. The van der Waals surface area contributed by atoms with E-state index in [0.717, 1.165) is 17.0 Å². The lowest BCUT2D eigenvalue weighted by molar-refractivity contribution is -0.132. The number of hydrogen-bond donors (Lipinski definition) is 1. The van der Waals surface area contributed by atoms with E-state index in [1.807, 2.05) is 0 Å². The Labute approximate surface area is 185 Å². The molecular formula is C23H17F2NO5S. The van der Waals surface area contributed by atoms with Crippen LogP contribution >= 0.6 is 11.3 Å². The van der Waals surface area contributed by atoms with Crippen molar-refractivity contribution in [3.8, 4) is 11.5 Å². The van der Waals surface area contributed by atoms with Gasteiger partial charge in [0.05, 0.1) is 25.4 Å². The van der Waals surface area contributed by atoms with Crippen molar-refractivity contribution in [2.45, 2.75) is 6.04 Å². The van der Waals surface area contributed by atoms with E-state index < -0.39 is 35.1 Å². The second-order valence-corrected chi connectivity index (χ2v) is 7.83. The fourth-order valence-electron chi connectivity index (χ4n) is 3.59. The molecule has 2 heterocycles. The number of carbonyl (C=O) groups excluding carboxylic acids is 2. The van der Waals surface area contributed by atoms with Gasteiger partial charge in [-0.1, -0.05) is 6.07 Å². The summed E-state index contributed by atoms with van der Waals surface area (Å²) >= 11 is 1.25. The first-order valence-corrected chi connectivity index (χ1v) is 10.3. The zero-order chi connectivity index (χ0) is 23.0. The van der Waals surface area contributed by atoms with Crippen LogP contribution in [0.1, 0.15) is 16.5 Å². The number of aliphatic hydroxyl groups is 1. The predicted octanol–water partition coefficient (Wildman–Crippen LogP) is 4.67. The number of thiophene rings is 1. The van der Waals surface area contributed by atoms with Crippen LogP contribution in [-0.4, -0.2) is 31.0 Å². The van der Waals surface area contributed by atoms with Crippen molar-refractivity contribution in [2.24, 2.45) is 0 Å². The minimum Gasteiger partial charge on any atom is -0.507 e. The molecule has 1 amide bonds. The van der Waals surface area contributed by atoms with Crippen molar-refractivity contribution in [1.82, 2.24) is 0 Å². The number of anilines is 1. The Kier molecular flexibility index (Phi) is 5.67. The molecule has 1 saturated heterocycles. The maximum atomic E-state index is 13.9. The lowest BCUT2D eigenvalue weighted by Crippen LogP contribution is -2.29. The quantitative estimate of drug-likeness (QED) is 0.342. The summed E-state index contributed by atoms with van der Waals surface area (Å²) in [6.45, 7) is 0. The Hall–Kier alpha value is -3.72. The molecule has 9 heteroatoms. The molecule has 164 valence electrons.